The fourth-order valence-electron chi connectivity index (χ4n) is 2.95. The number of hydrogen-bond donors (Lipinski definition) is 3. The minimum atomic E-state index is -0.661. The number of urea groups is 1. The van der Waals surface area contributed by atoms with Gasteiger partial charge in [-0.2, -0.15) is 0 Å². The number of nitrogens with one attached hydrogen (secondary N) is 2. The second-order valence-corrected chi connectivity index (χ2v) is 5.66. The van der Waals surface area contributed by atoms with Crippen LogP contribution in [0.1, 0.15) is 5.69 Å². The van der Waals surface area contributed by atoms with E-state index >= 15 is 0 Å². The molecule has 0 aliphatic rings. The first-order valence-electron chi connectivity index (χ1n) is 7.52. The highest BCUT2D eigenvalue weighted by atomic mass is 16.2. The van der Waals surface area contributed by atoms with Gasteiger partial charge in [0, 0.05) is 39.9 Å². The van der Waals surface area contributed by atoms with Crippen LogP contribution in [0.3, 0.4) is 0 Å². The molecule has 118 valence electrons. The number of rotatable bonds is 2. The quantitative estimate of drug-likeness (QED) is 0.527. The van der Waals surface area contributed by atoms with Gasteiger partial charge in [-0.15, -0.1) is 0 Å². The number of amides is 2. The number of benzene rings is 1. The molecule has 0 bridgehead atoms. The number of aromatic amines is 1. The molecular weight excluding hydrogens is 302 g/mol. The number of nitrogens with zero attached hydrogens (tertiary/aromatic N) is 2. The van der Waals surface area contributed by atoms with Gasteiger partial charge in [-0.3, -0.25) is 10.3 Å². The van der Waals surface area contributed by atoms with Crippen molar-refractivity contribution in [3.05, 3.63) is 54.5 Å². The van der Waals surface area contributed by atoms with E-state index in [-0.39, 0.29) is 0 Å². The second kappa shape index (κ2) is 5.34. The van der Waals surface area contributed by atoms with Crippen molar-refractivity contribution >= 4 is 33.7 Å². The van der Waals surface area contributed by atoms with Gasteiger partial charge in [0.25, 0.3) is 0 Å². The second-order valence-electron chi connectivity index (χ2n) is 5.66. The van der Waals surface area contributed by atoms with E-state index in [0.717, 1.165) is 33.1 Å². The minimum Gasteiger partial charge on any atom is -0.359 e. The van der Waals surface area contributed by atoms with Crippen LogP contribution in [0.15, 0.2) is 48.8 Å². The maximum absolute atomic E-state index is 11.2. The van der Waals surface area contributed by atoms with Gasteiger partial charge in [0.05, 0.1) is 0 Å². The Kier molecular flexibility index (Phi) is 3.16. The Morgan fingerprint density at radius 1 is 1.21 bits per heavy atom. The van der Waals surface area contributed by atoms with E-state index in [1.807, 2.05) is 25.1 Å². The summed E-state index contributed by atoms with van der Waals surface area (Å²) in [5.74, 6) is 0.361. The van der Waals surface area contributed by atoms with Crippen LogP contribution in [-0.4, -0.2) is 21.0 Å². The van der Waals surface area contributed by atoms with Crippen LogP contribution >= 0.6 is 0 Å². The highest BCUT2D eigenvalue weighted by Crippen LogP contribution is 2.32. The number of H-pyrrole nitrogens is 1. The van der Waals surface area contributed by atoms with E-state index in [0.29, 0.717) is 11.3 Å². The third kappa shape index (κ3) is 2.34. The summed E-state index contributed by atoms with van der Waals surface area (Å²) in [6.45, 7) is 2.03. The molecule has 4 N–H and O–H groups in total. The molecule has 0 aliphatic heterocycles. The standard InChI is InChI=1S/C18H15N5O/c1-10-7-12-8-11(4-5-15(12)22-10)14-9-21-17(23-18(19)24)16-13(14)3-2-6-20-16/h2-9,22H,1H3,(H3,19,21,23,24). The zero-order valence-electron chi connectivity index (χ0n) is 13.0. The van der Waals surface area contributed by atoms with E-state index in [2.05, 4.69) is 38.5 Å². The molecule has 0 radical (unpaired) electrons. The summed E-state index contributed by atoms with van der Waals surface area (Å²) in [6, 6.07) is 11.5. The Morgan fingerprint density at radius 2 is 2.08 bits per heavy atom. The number of nitrogens with two attached hydrogens (primary N) is 1. The zero-order chi connectivity index (χ0) is 16.7. The lowest BCUT2D eigenvalue weighted by molar-refractivity contribution is 0.259. The number of fused-ring (bicyclic) bond motifs is 2. The fourth-order valence-corrected chi connectivity index (χ4v) is 2.95. The molecular formula is C18H15N5O. The highest BCUT2D eigenvalue weighted by Gasteiger charge is 2.12. The third-order valence-corrected chi connectivity index (χ3v) is 3.95. The van der Waals surface area contributed by atoms with Crippen LogP contribution in [-0.2, 0) is 0 Å². The summed E-state index contributed by atoms with van der Waals surface area (Å²) in [4.78, 5) is 23.1. The summed E-state index contributed by atoms with van der Waals surface area (Å²) in [7, 11) is 0. The van der Waals surface area contributed by atoms with Crippen LogP contribution in [0.25, 0.3) is 32.9 Å². The number of pyridine rings is 2. The molecule has 0 saturated carbocycles. The number of primary amides is 1. The Bertz CT molecular complexity index is 1080. The lowest BCUT2D eigenvalue weighted by atomic mass is 10.0. The number of hydrogen-bond acceptors (Lipinski definition) is 3. The van der Waals surface area contributed by atoms with Crippen molar-refractivity contribution < 1.29 is 4.79 Å². The molecule has 0 spiro atoms. The number of anilines is 1. The molecule has 0 aliphatic carbocycles. The summed E-state index contributed by atoms with van der Waals surface area (Å²) in [6.07, 6.45) is 3.40. The van der Waals surface area contributed by atoms with Crippen molar-refractivity contribution in [3.63, 3.8) is 0 Å². The van der Waals surface area contributed by atoms with E-state index < -0.39 is 6.03 Å². The molecule has 4 aromatic rings. The number of carbonyl (C=O) groups excluding carboxylic acids is 1. The molecule has 24 heavy (non-hydrogen) atoms. The zero-order valence-corrected chi connectivity index (χ0v) is 13.0. The average molecular weight is 317 g/mol. The topological polar surface area (TPSA) is 96.7 Å². The molecule has 6 nitrogen and oxygen atoms in total. The molecule has 0 unspecified atom stereocenters. The predicted octanol–water partition coefficient (Wildman–Crippen LogP) is 3.58. The Hall–Kier alpha value is -3.41. The van der Waals surface area contributed by atoms with Gasteiger partial charge in [0.1, 0.15) is 5.52 Å². The largest absolute Gasteiger partial charge is 0.359 e. The van der Waals surface area contributed by atoms with Crippen LogP contribution in [0, 0.1) is 6.92 Å². The van der Waals surface area contributed by atoms with Crippen LogP contribution < -0.4 is 11.1 Å². The first-order chi connectivity index (χ1) is 11.6. The number of aromatic nitrogens is 3. The van der Waals surface area contributed by atoms with Crippen molar-refractivity contribution in [2.75, 3.05) is 5.32 Å². The number of carbonyl (C=O) groups is 1. The Balaban J connectivity index is 1.93. The Labute approximate surface area is 137 Å². The lowest BCUT2D eigenvalue weighted by Crippen LogP contribution is -2.20. The van der Waals surface area contributed by atoms with E-state index in [1.54, 1.807) is 12.4 Å². The molecule has 4 rings (SSSR count). The van der Waals surface area contributed by atoms with Crippen molar-refractivity contribution in [1.29, 1.82) is 0 Å². The molecule has 0 saturated heterocycles. The third-order valence-electron chi connectivity index (χ3n) is 3.95. The van der Waals surface area contributed by atoms with Crippen LogP contribution in [0.5, 0.6) is 0 Å². The highest BCUT2D eigenvalue weighted by molar-refractivity contribution is 6.04. The van der Waals surface area contributed by atoms with E-state index in [9.17, 15) is 4.79 Å². The van der Waals surface area contributed by atoms with Crippen molar-refractivity contribution in [2.24, 2.45) is 5.73 Å². The van der Waals surface area contributed by atoms with Crippen molar-refractivity contribution in [3.8, 4) is 11.1 Å². The summed E-state index contributed by atoms with van der Waals surface area (Å²) in [5, 5.41) is 4.57. The maximum atomic E-state index is 11.2. The predicted molar refractivity (Wildman–Crippen MR) is 94.8 cm³/mol. The molecule has 3 aromatic heterocycles. The molecule has 0 fully saturated rings. The van der Waals surface area contributed by atoms with E-state index in [4.69, 9.17) is 5.73 Å². The van der Waals surface area contributed by atoms with Gasteiger partial charge in [0.15, 0.2) is 5.82 Å². The molecule has 1 aromatic carbocycles. The van der Waals surface area contributed by atoms with Gasteiger partial charge < -0.3 is 10.7 Å². The molecule has 2 amide bonds. The number of aryl methyl sites for hydroxylation is 1. The van der Waals surface area contributed by atoms with Gasteiger partial charge >= 0.3 is 6.03 Å². The van der Waals surface area contributed by atoms with Gasteiger partial charge in [-0.05, 0) is 36.8 Å². The maximum Gasteiger partial charge on any atom is 0.317 e. The molecule has 3 heterocycles. The lowest BCUT2D eigenvalue weighted by Gasteiger charge is -2.10. The first kappa shape index (κ1) is 14.2. The normalized spacial score (nSPS) is 11.0. The molecule has 0 atom stereocenters. The van der Waals surface area contributed by atoms with Gasteiger partial charge in [-0.1, -0.05) is 12.1 Å². The summed E-state index contributed by atoms with van der Waals surface area (Å²) >= 11 is 0. The average Bonchev–Trinajstić information content (AvgIpc) is 2.94. The van der Waals surface area contributed by atoms with Crippen LogP contribution in [0.2, 0.25) is 0 Å². The van der Waals surface area contributed by atoms with Crippen molar-refractivity contribution in [1.82, 2.24) is 15.0 Å². The Morgan fingerprint density at radius 3 is 2.92 bits per heavy atom. The SMILES string of the molecule is Cc1cc2cc(-c3cnc(NC(N)=O)c4ncccc34)ccc2[nH]1. The summed E-state index contributed by atoms with van der Waals surface area (Å²) < 4.78 is 0. The van der Waals surface area contributed by atoms with Gasteiger partial charge in [0.2, 0.25) is 0 Å². The molecule has 6 heteroatoms. The van der Waals surface area contributed by atoms with Crippen molar-refractivity contribution in [2.45, 2.75) is 6.92 Å². The fraction of sp³-hybridized carbons (Fsp3) is 0.0556. The van der Waals surface area contributed by atoms with Crippen LogP contribution in [0.4, 0.5) is 10.6 Å². The van der Waals surface area contributed by atoms with Gasteiger partial charge in [-0.25, -0.2) is 9.78 Å². The first-order valence-corrected chi connectivity index (χ1v) is 7.52. The monoisotopic (exact) mass is 317 g/mol. The minimum absolute atomic E-state index is 0.361. The smallest absolute Gasteiger partial charge is 0.317 e. The summed E-state index contributed by atoms with van der Waals surface area (Å²) in [5.41, 5.74) is 10.0. The van der Waals surface area contributed by atoms with E-state index in [1.165, 1.54) is 0 Å².